The highest BCUT2D eigenvalue weighted by Gasteiger charge is 2.14. The second-order valence-electron chi connectivity index (χ2n) is 5.45. The predicted molar refractivity (Wildman–Crippen MR) is 82.8 cm³/mol. The van der Waals surface area contributed by atoms with Crippen LogP contribution < -0.4 is 14.8 Å². The van der Waals surface area contributed by atoms with Gasteiger partial charge in [-0.25, -0.2) is 0 Å². The van der Waals surface area contributed by atoms with Crippen LogP contribution in [0.25, 0.3) is 0 Å². The molecule has 0 amide bonds. The number of nitrogens with one attached hydrogen (secondary N) is 1. The molecule has 1 aliphatic rings. The first-order valence-electron chi connectivity index (χ1n) is 7.35. The van der Waals surface area contributed by atoms with Crippen molar-refractivity contribution in [3.63, 3.8) is 0 Å². The van der Waals surface area contributed by atoms with Crippen LogP contribution >= 0.6 is 11.6 Å². The van der Waals surface area contributed by atoms with E-state index in [2.05, 4.69) is 5.32 Å². The molecule has 1 saturated carbocycles. The van der Waals surface area contributed by atoms with Crippen LogP contribution in [0.4, 0.5) is 0 Å². The van der Waals surface area contributed by atoms with E-state index in [4.69, 9.17) is 21.1 Å². The zero-order valence-corrected chi connectivity index (χ0v) is 13.1. The minimum atomic E-state index is 0.598. The van der Waals surface area contributed by atoms with Crippen LogP contribution in [0.5, 0.6) is 11.5 Å². The minimum Gasteiger partial charge on any atom is -0.493 e. The zero-order chi connectivity index (χ0) is 14.4. The number of benzene rings is 1. The smallest absolute Gasteiger partial charge is 0.179 e. The van der Waals surface area contributed by atoms with E-state index in [1.54, 1.807) is 14.2 Å². The molecule has 1 aliphatic carbocycles. The molecule has 0 radical (unpaired) electrons. The number of halogens is 1. The van der Waals surface area contributed by atoms with Gasteiger partial charge in [0.1, 0.15) is 0 Å². The lowest BCUT2D eigenvalue weighted by molar-refractivity contribution is 0.341. The van der Waals surface area contributed by atoms with Gasteiger partial charge in [-0.05, 0) is 43.0 Å². The standard InChI is InChI=1S/C16H24ClNO2/c1-19-15-9-13(8-14(17)16(15)20-2)11-18-10-12-6-4-3-5-7-12/h8-9,12,18H,3-7,10-11H2,1-2H3. The van der Waals surface area contributed by atoms with E-state index in [9.17, 15) is 0 Å². The Morgan fingerprint density at radius 3 is 2.55 bits per heavy atom. The zero-order valence-electron chi connectivity index (χ0n) is 12.4. The Bertz CT molecular complexity index is 431. The quantitative estimate of drug-likeness (QED) is 0.860. The van der Waals surface area contributed by atoms with Crippen LogP contribution in [0.3, 0.4) is 0 Å². The number of methoxy groups -OCH3 is 2. The molecular formula is C16H24ClNO2. The minimum absolute atomic E-state index is 0.598. The van der Waals surface area contributed by atoms with Crippen LogP contribution in [0.2, 0.25) is 5.02 Å². The second-order valence-corrected chi connectivity index (χ2v) is 5.86. The van der Waals surface area contributed by atoms with Gasteiger partial charge in [-0.15, -0.1) is 0 Å². The van der Waals surface area contributed by atoms with Gasteiger partial charge in [0.25, 0.3) is 0 Å². The van der Waals surface area contributed by atoms with Crippen LogP contribution in [0.15, 0.2) is 12.1 Å². The van der Waals surface area contributed by atoms with Gasteiger partial charge in [0, 0.05) is 6.54 Å². The SMILES string of the molecule is COc1cc(CNCC2CCCCC2)cc(Cl)c1OC. The summed E-state index contributed by atoms with van der Waals surface area (Å²) in [6, 6.07) is 3.93. The van der Waals surface area contributed by atoms with Crippen molar-refractivity contribution < 1.29 is 9.47 Å². The van der Waals surface area contributed by atoms with Gasteiger partial charge in [0.15, 0.2) is 11.5 Å². The molecule has 112 valence electrons. The third kappa shape index (κ3) is 4.03. The van der Waals surface area contributed by atoms with E-state index in [1.807, 2.05) is 12.1 Å². The van der Waals surface area contributed by atoms with E-state index >= 15 is 0 Å². The number of rotatable bonds is 6. The molecule has 4 heteroatoms. The first-order chi connectivity index (χ1) is 9.74. The molecule has 0 unspecified atom stereocenters. The number of hydrogen-bond donors (Lipinski definition) is 1. The maximum absolute atomic E-state index is 6.21. The van der Waals surface area contributed by atoms with Crippen molar-refractivity contribution >= 4 is 11.6 Å². The van der Waals surface area contributed by atoms with E-state index in [-0.39, 0.29) is 0 Å². The summed E-state index contributed by atoms with van der Waals surface area (Å²) in [5, 5.41) is 4.13. The van der Waals surface area contributed by atoms with Gasteiger partial charge in [0.2, 0.25) is 0 Å². The molecule has 0 bridgehead atoms. The van der Waals surface area contributed by atoms with Crippen LogP contribution in [-0.4, -0.2) is 20.8 Å². The van der Waals surface area contributed by atoms with E-state index in [0.717, 1.165) is 24.6 Å². The van der Waals surface area contributed by atoms with Crippen molar-refractivity contribution in [1.29, 1.82) is 0 Å². The lowest BCUT2D eigenvalue weighted by Crippen LogP contribution is -2.24. The summed E-state index contributed by atoms with van der Waals surface area (Å²) in [5.41, 5.74) is 1.13. The van der Waals surface area contributed by atoms with Gasteiger partial charge >= 0.3 is 0 Å². The van der Waals surface area contributed by atoms with E-state index in [0.29, 0.717) is 16.5 Å². The monoisotopic (exact) mass is 297 g/mol. The summed E-state index contributed by atoms with van der Waals surface area (Å²) in [6.45, 7) is 1.91. The van der Waals surface area contributed by atoms with Crippen molar-refractivity contribution in [2.24, 2.45) is 5.92 Å². The van der Waals surface area contributed by atoms with Crippen LogP contribution in [0.1, 0.15) is 37.7 Å². The Morgan fingerprint density at radius 2 is 1.90 bits per heavy atom. The molecule has 0 aliphatic heterocycles. The molecule has 3 nitrogen and oxygen atoms in total. The normalized spacial score (nSPS) is 16.1. The Hall–Kier alpha value is -0.930. The first-order valence-corrected chi connectivity index (χ1v) is 7.73. The maximum atomic E-state index is 6.21. The summed E-state index contributed by atoms with van der Waals surface area (Å²) in [5.74, 6) is 2.12. The summed E-state index contributed by atoms with van der Waals surface area (Å²) in [4.78, 5) is 0. The molecule has 0 spiro atoms. The van der Waals surface area contributed by atoms with E-state index < -0.39 is 0 Å². The number of hydrogen-bond acceptors (Lipinski definition) is 3. The lowest BCUT2D eigenvalue weighted by Gasteiger charge is -2.22. The van der Waals surface area contributed by atoms with Crippen molar-refractivity contribution in [3.05, 3.63) is 22.7 Å². The summed E-state index contributed by atoms with van der Waals surface area (Å²) in [6.07, 6.45) is 6.89. The highest BCUT2D eigenvalue weighted by atomic mass is 35.5. The van der Waals surface area contributed by atoms with Crippen molar-refractivity contribution in [1.82, 2.24) is 5.32 Å². The summed E-state index contributed by atoms with van der Waals surface area (Å²) in [7, 11) is 3.23. The Balaban J connectivity index is 1.90. The molecule has 1 aromatic carbocycles. The van der Waals surface area contributed by atoms with Crippen molar-refractivity contribution in [3.8, 4) is 11.5 Å². The maximum Gasteiger partial charge on any atom is 0.179 e. The highest BCUT2D eigenvalue weighted by molar-refractivity contribution is 6.32. The third-order valence-electron chi connectivity index (χ3n) is 3.98. The molecule has 20 heavy (non-hydrogen) atoms. The van der Waals surface area contributed by atoms with Gasteiger partial charge in [-0.3, -0.25) is 0 Å². The number of ether oxygens (including phenoxy) is 2. The topological polar surface area (TPSA) is 30.5 Å². The van der Waals surface area contributed by atoms with Gasteiger partial charge in [0.05, 0.1) is 19.2 Å². The molecular weight excluding hydrogens is 274 g/mol. The summed E-state index contributed by atoms with van der Waals surface area (Å²) < 4.78 is 10.6. The molecule has 2 rings (SSSR count). The predicted octanol–water partition coefficient (Wildman–Crippen LogP) is 4.03. The van der Waals surface area contributed by atoms with Gasteiger partial charge < -0.3 is 14.8 Å². The Morgan fingerprint density at radius 1 is 1.15 bits per heavy atom. The Labute approximate surface area is 126 Å². The lowest BCUT2D eigenvalue weighted by atomic mass is 9.89. The highest BCUT2D eigenvalue weighted by Crippen LogP contribution is 2.36. The first kappa shape index (κ1) is 15.5. The van der Waals surface area contributed by atoms with Crippen molar-refractivity contribution in [2.75, 3.05) is 20.8 Å². The molecule has 0 heterocycles. The van der Waals surface area contributed by atoms with Crippen LogP contribution in [0, 0.1) is 5.92 Å². The molecule has 0 aromatic heterocycles. The average molecular weight is 298 g/mol. The fourth-order valence-electron chi connectivity index (χ4n) is 2.89. The second kappa shape index (κ2) is 7.75. The molecule has 0 saturated heterocycles. The molecule has 0 atom stereocenters. The average Bonchev–Trinajstić information content (AvgIpc) is 2.47. The third-order valence-corrected chi connectivity index (χ3v) is 4.26. The fraction of sp³-hybridized carbons (Fsp3) is 0.625. The van der Waals surface area contributed by atoms with Crippen LogP contribution in [-0.2, 0) is 6.54 Å². The molecule has 1 fully saturated rings. The van der Waals surface area contributed by atoms with E-state index in [1.165, 1.54) is 32.1 Å². The fourth-order valence-corrected chi connectivity index (χ4v) is 3.20. The largest absolute Gasteiger partial charge is 0.493 e. The molecule has 1 aromatic rings. The van der Waals surface area contributed by atoms with Gasteiger partial charge in [-0.2, -0.15) is 0 Å². The van der Waals surface area contributed by atoms with Crippen molar-refractivity contribution in [2.45, 2.75) is 38.6 Å². The molecule has 1 N–H and O–H groups in total. The Kier molecular flexibility index (Phi) is 5.99. The summed E-state index contributed by atoms with van der Waals surface area (Å²) >= 11 is 6.21. The van der Waals surface area contributed by atoms with Gasteiger partial charge in [-0.1, -0.05) is 30.9 Å².